The van der Waals surface area contributed by atoms with E-state index in [9.17, 15) is 27.9 Å². The lowest BCUT2D eigenvalue weighted by Gasteiger charge is -2.22. The number of hydrogen-bond acceptors (Lipinski definition) is 3. The number of amides is 1. The van der Waals surface area contributed by atoms with Crippen molar-refractivity contribution in [1.82, 2.24) is 10.2 Å². The van der Waals surface area contributed by atoms with Crippen molar-refractivity contribution in [3.8, 4) is 0 Å². The third-order valence-corrected chi connectivity index (χ3v) is 4.16. The highest BCUT2D eigenvalue weighted by atomic mass is 19.4. The number of likely N-dealkylation sites (tertiary alicyclic amines) is 1. The molecule has 0 bridgehead atoms. The molecule has 1 aliphatic rings. The maximum atomic E-state index is 12.6. The van der Waals surface area contributed by atoms with Crippen molar-refractivity contribution >= 4 is 11.9 Å². The Morgan fingerprint density at radius 2 is 1.96 bits per heavy atom. The van der Waals surface area contributed by atoms with Gasteiger partial charge < -0.3 is 10.4 Å². The van der Waals surface area contributed by atoms with Crippen molar-refractivity contribution in [1.29, 1.82) is 0 Å². The molecular formula is C16H19F3N2O3. The first-order chi connectivity index (χ1) is 11.2. The minimum absolute atomic E-state index is 0.0750. The Kier molecular flexibility index (Phi) is 5.48. The molecule has 0 saturated carbocycles. The summed E-state index contributed by atoms with van der Waals surface area (Å²) in [4.78, 5) is 25.4. The van der Waals surface area contributed by atoms with E-state index in [0.29, 0.717) is 0 Å². The van der Waals surface area contributed by atoms with Crippen LogP contribution in [-0.4, -0.2) is 41.0 Å². The SMILES string of the molecule is CC1CCCN1CC(=O)NC(C(=O)O)c1ccc(C(F)(F)F)cc1. The average Bonchev–Trinajstić information content (AvgIpc) is 2.89. The molecule has 1 amide bonds. The van der Waals surface area contributed by atoms with Crippen LogP contribution in [0.15, 0.2) is 24.3 Å². The zero-order valence-electron chi connectivity index (χ0n) is 13.1. The number of carboxylic acid groups (broad SMARTS) is 1. The Labute approximate surface area is 137 Å². The molecule has 1 fully saturated rings. The topological polar surface area (TPSA) is 69.6 Å². The minimum Gasteiger partial charge on any atom is -0.479 e. The molecule has 2 unspecified atom stereocenters. The van der Waals surface area contributed by atoms with Crippen LogP contribution in [0.2, 0.25) is 0 Å². The van der Waals surface area contributed by atoms with Crippen LogP contribution >= 0.6 is 0 Å². The van der Waals surface area contributed by atoms with E-state index in [0.717, 1.165) is 43.7 Å². The molecular weight excluding hydrogens is 325 g/mol. The average molecular weight is 344 g/mol. The summed E-state index contributed by atoms with van der Waals surface area (Å²) in [5.74, 6) is -1.78. The lowest BCUT2D eigenvalue weighted by Crippen LogP contribution is -2.42. The van der Waals surface area contributed by atoms with Crippen molar-refractivity contribution < 1.29 is 27.9 Å². The maximum Gasteiger partial charge on any atom is 0.416 e. The molecule has 0 spiro atoms. The monoisotopic (exact) mass is 344 g/mol. The standard InChI is InChI=1S/C16H19F3N2O3/c1-10-3-2-8-21(10)9-13(22)20-14(15(23)24)11-4-6-12(7-5-11)16(17,18)19/h4-7,10,14H,2-3,8-9H2,1H3,(H,20,22)(H,23,24). The zero-order chi connectivity index (χ0) is 17.9. The first kappa shape index (κ1) is 18.3. The van der Waals surface area contributed by atoms with Gasteiger partial charge in [-0.25, -0.2) is 4.79 Å². The molecule has 132 valence electrons. The number of carbonyl (C=O) groups excluding carboxylic acids is 1. The lowest BCUT2D eigenvalue weighted by atomic mass is 10.0. The maximum absolute atomic E-state index is 12.6. The first-order valence-corrected chi connectivity index (χ1v) is 7.62. The summed E-state index contributed by atoms with van der Waals surface area (Å²) < 4.78 is 37.7. The van der Waals surface area contributed by atoms with Gasteiger partial charge in [0.05, 0.1) is 12.1 Å². The van der Waals surface area contributed by atoms with Gasteiger partial charge in [-0.05, 0) is 44.0 Å². The van der Waals surface area contributed by atoms with Gasteiger partial charge in [0.2, 0.25) is 5.91 Å². The predicted molar refractivity (Wildman–Crippen MR) is 80.2 cm³/mol. The molecule has 8 heteroatoms. The van der Waals surface area contributed by atoms with E-state index in [1.165, 1.54) is 0 Å². The second kappa shape index (κ2) is 7.21. The number of nitrogens with one attached hydrogen (secondary N) is 1. The number of nitrogens with zero attached hydrogens (tertiary/aromatic N) is 1. The van der Waals surface area contributed by atoms with Gasteiger partial charge in [0.15, 0.2) is 6.04 Å². The van der Waals surface area contributed by atoms with Crippen LogP contribution in [0.3, 0.4) is 0 Å². The lowest BCUT2D eigenvalue weighted by molar-refractivity contribution is -0.142. The van der Waals surface area contributed by atoms with Crippen LogP contribution in [0.1, 0.15) is 36.9 Å². The molecule has 2 rings (SSSR count). The molecule has 2 atom stereocenters. The molecule has 2 N–H and O–H groups in total. The number of hydrogen-bond donors (Lipinski definition) is 2. The summed E-state index contributed by atoms with van der Waals surface area (Å²) in [5.41, 5.74) is -0.772. The van der Waals surface area contributed by atoms with E-state index < -0.39 is 29.7 Å². The number of halogens is 3. The second-order valence-corrected chi connectivity index (χ2v) is 5.92. The fourth-order valence-electron chi connectivity index (χ4n) is 2.77. The Morgan fingerprint density at radius 1 is 1.33 bits per heavy atom. The number of alkyl halides is 3. The zero-order valence-corrected chi connectivity index (χ0v) is 13.1. The molecule has 5 nitrogen and oxygen atoms in total. The predicted octanol–water partition coefficient (Wildman–Crippen LogP) is 2.43. The third kappa shape index (κ3) is 4.47. The molecule has 1 aromatic carbocycles. The van der Waals surface area contributed by atoms with Crippen molar-refractivity contribution in [3.63, 3.8) is 0 Å². The van der Waals surface area contributed by atoms with Crippen LogP contribution in [0, 0.1) is 0 Å². The Bertz CT molecular complexity index is 602. The van der Waals surface area contributed by atoms with Crippen LogP contribution in [0.4, 0.5) is 13.2 Å². The highest BCUT2D eigenvalue weighted by Gasteiger charge is 2.31. The van der Waals surface area contributed by atoms with Gasteiger partial charge in [0.25, 0.3) is 0 Å². The van der Waals surface area contributed by atoms with E-state index in [1.54, 1.807) is 0 Å². The van der Waals surface area contributed by atoms with E-state index in [-0.39, 0.29) is 18.2 Å². The Balaban J connectivity index is 2.06. The highest BCUT2D eigenvalue weighted by Crippen LogP contribution is 2.30. The summed E-state index contributed by atoms with van der Waals surface area (Å²) in [6.07, 6.45) is -2.53. The van der Waals surface area contributed by atoms with Crippen molar-refractivity contribution in [3.05, 3.63) is 35.4 Å². The quantitative estimate of drug-likeness (QED) is 0.861. The molecule has 0 aliphatic carbocycles. The van der Waals surface area contributed by atoms with Gasteiger partial charge in [0.1, 0.15) is 0 Å². The molecule has 0 aromatic heterocycles. The van der Waals surface area contributed by atoms with Crippen LogP contribution < -0.4 is 5.32 Å². The summed E-state index contributed by atoms with van der Waals surface area (Å²) >= 11 is 0. The fraction of sp³-hybridized carbons (Fsp3) is 0.500. The Morgan fingerprint density at radius 3 is 2.42 bits per heavy atom. The smallest absolute Gasteiger partial charge is 0.416 e. The van der Waals surface area contributed by atoms with Gasteiger partial charge in [-0.2, -0.15) is 13.2 Å². The van der Waals surface area contributed by atoms with Crippen LogP contribution in [0.5, 0.6) is 0 Å². The Hall–Kier alpha value is -2.09. The number of carbonyl (C=O) groups is 2. The van der Waals surface area contributed by atoms with E-state index in [1.807, 2.05) is 11.8 Å². The third-order valence-electron chi connectivity index (χ3n) is 4.16. The second-order valence-electron chi connectivity index (χ2n) is 5.92. The van der Waals surface area contributed by atoms with E-state index in [2.05, 4.69) is 5.32 Å². The van der Waals surface area contributed by atoms with Crippen LogP contribution in [0.25, 0.3) is 0 Å². The normalized spacial score (nSPS) is 19.9. The van der Waals surface area contributed by atoms with E-state index >= 15 is 0 Å². The summed E-state index contributed by atoms with van der Waals surface area (Å²) in [7, 11) is 0. The molecule has 1 heterocycles. The first-order valence-electron chi connectivity index (χ1n) is 7.62. The van der Waals surface area contributed by atoms with Crippen molar-refractivity contribution in [2.75, 3.05) is 13.1 Å². The minimum atomic E-state index is -4.49. The summed E-state index contributed by atoms with van der Waals surface area (Å²) in [6, 6.07) is 2.63. The molecule has 24 heavy (non-hydrogen) atoms. The number of aliphatic carboxylic acids is 1. The van der Waals surface area contributed by atoms with Gasteiger partial charge in [-0.1, -0.05) is 12.1 Å². The number of benzene rings is 1. The summed E-state index contributed by atoms with van der Waals surface area (Å²) in [6.45, 7) is 2.84. The van der Waals surface area contributed by atoms with Gasteiger partial charge in [-0.3, -0.25) is 9.69 Å². The highest BCUT2D eigenvalue weighted by molar-refractivity contribution is 5.85. The van der Waals surface area contributed by atoms with Crippen molar-refractivity contribution in [2.24, 2.45) is 0 Å². The number of rotatable bonds is 5. The largest absolute Gasteiger partial charge is 0.479 e. The van der Waals surface area contributed by atoms with Gasteiger partial charge >= 0.3 is 12.1 Å². The molecule has 1 saturated heterocycles. The molecule has 1 aromatic rings. The van der Waals surface area contributed by atoms with Gasteiger partial charge in [-0.15, -0.1) is 0 Å². The number of carboxylic acids is 1. The molecule has 0 radical (unpaired) electrons. The summed E-state index contributed by atoms with van der Waals surface area (Å²) in [5, 5.41) is 11.6. The van der Waals surface area contributed by atoms with Gasteiger partial charge in [0, 0.05) is 6.04 Å². The van der Waals surface area contributed by atoms with E-state index in [4.69, 9.17) is 0 Å². The van der Waals surface area contributed by atoms with Crippen molar-refractivity contribution in [2.45, 2.75) is 38.0 Å². The van der Waals surface area contributed by atoms with Crippen LogP contribution in [-0.2, 0) is 15.8 Å². The fourth-order valence-corrected chi connectivity index (χ4v) is 2.77. The molecule has 1 aliphatic heterocycles.